The summed E-state index contributed by atoms with van der Waals surface area (Å²) in [6, 6.07) is 0. The molecule has 0 N–H and O–H groups in total. The van der Waals surface area contributed by atoms with Gasteiger partial charge in [0.05, 0.1) is 0 Å². The second kappa shape index (κ2) is 2.90. The monoisotopic (exact) mass is 166 g/mol. The standard InChI is InChI=1S/C12H22/c1-8-7-12(5,6)11(4)10(3)9(8)2/h8,11H,7H2,1-6H3. The van der Waals surface area contributed by atoms with Gasteiger partial charge in [-0.1, -0.05) is 38.8 Å². The van der Waals surface area contributed by atoms with E-state index >= 15 is 0 Å². The van der Waals surface area contributed by atoms with Crippen LogP contribution >= 0.6 is 0 Å². The van der Waals surface area contributed by atoms with Gasteiger partial charge in [-0.05, 0) is 37.5 Å². The summed E-state index contributed by atoms with van der Waals surface area (Å²) in [6.45, 7) is 14.1. The van der Waals surface area contributed by atoms with Crippen molar-refractivity contribution in [2.24, 2.45) is 17.3 Å². The number of allylic oxidation sites excluding steroid dienone is 2. The van der Waals surface area contributed by atoms with Crippen molar-refractivity contribution < 1.29 is 0 Å². The van der Waals surface area contributed by atoms with Crippen molar-refractivity contribution in [3.63, 3.8) is 0 Å². The minimum absolute atomic E-state index is 0.503. The first-order valence-electron chi connectivity index (χ1n) is 5.03. The fourth-order valence-corrected chi connectivity index (χ4v) is 2.44. The van der Waals surface area contributed by atoms with Gasteiger partial charge in [0, 0.05) is 0 Å². The molecule has 0 saturated heterocycles. The van der Waals surface area contributed by atoms with Crippen LogP contribution in [0.2, 0.25) is 0 Å². The predicted molar refractivity (Wildman–Crippen MR) is 55.1 cm³/mol. The fourth-order valence-electron chi connectivity index (χ4n) is 2.44. The second-order valence-electron chi connectivity index (χ2n) is 5.18. The molecule has 0 nitrogen and oxygen atoms in total. The quantitative estimate of drug-likeness (QED) is 0.477. The van der Waals surface area contributed by atoms with Crippen molar-refractivity contribution >= 4 is 0 Å². The Hall–Kier alpha value is -0.260. The molecule has 70 valence electrons. The molecule has 0 heteroatoms. The summed E-state index contributed by atoms with van der Waals surface area (Å²) in [5, 5.41) is 0. The van der Waals surface area contributed by atoms with E-state index in [0.29, 0.717) is 5.41 Å². The van der Waals surface area contributed by atoms with E-state index in [1.807, 2.05) is 0 Å². The number of rotatable bonds is 0. The molecule has 0 saturated carbocycles. The second-order valence-corrected chi connectivity index (χ2v) is 5.18. The van der Waals surface area contributed by atoms with Crippen molar-refractivity contribution in [1.82, 2.24) is 0 Å². The van der Waals surface area contributed by atoms with E-state index in [1.165, 1.54) is 6.42 Å². The molecule has 2 atom stereocenters. The highest BCUT2D eigenvalue weighted by molar-refractivity contribution is 5.21. The molecular weight excluding hydrogens is 144 g/mol. The maximum atomic E-state index is 2.39. The van der Waals surface area contributed by atoms with Crippen LogP contribution in [0.3, 0.4) is 0 Å². The van der Waals surface area contributed by atoms with Gasteiger partial charge in [0.2, 0.25) is 0 Å². The highest BCUT2D eigenvalue weighted by Gasteiger charge is 2.34. The molecule has 0 spiro atoms. The van der Waals surface area contributed by atoms with Gasteiger partial charge in [-0.15, -0.1) is 0 Å². The summed E-state index contributed by atoms with van der Waals surface area (Å²) in [5.41, 5.74) is 3.75. The summed E-state index contributed by atoms with van der Waals surface area (Å²) >= 11 is 0. The third kappa shape index (κ3) is 1.44. The molecule has 0 heterocycles. The first-order valence-corrected chi connectivity index (χ1v) is 5.03. The van der Waals surface area contributed by atoms with Crippen LogP contribution in [-0.2, 0) is 0 Å². The maximum absolute atomic E-state index is 2.39. The Kier molecular flexibility index (Phi) is 2.38. The van der Waals surface area contributed by atoms with Crippen LogP contribution in [0.25, 0.3) is 0 Å². The summed E-state index contributed by atoms with van der Waals surface area (Å²) < 4.78 is 0. The van der Waals surface area contributed by atoms with Crippen LogP contribution in [0, 0.1) is 17.3 Å². The van der Waals surface area contributed by atoms with E-state index in [2.05, 4.69) is 41.5 Å². The predicted octanol–water partition coefficient (Wildman–Crippen LogP) is 4.02. The van der Waals surface area contributed by atoms with Crippen LogP contribution in [0.1, 0.15) is 48.0 Å². The van der Waals surface area contributed by atoms with E-state index in [4.69, 9.17) is 0 Å². The summed E-state index contributed by atoms with van der Waals surface area (Å²) in [4.78, 5) is 0. The average molecular weight is 166 g/mol. The Morgan fingerprint density at radius 2 is 1.58 bits per heavy atom. The molecule has 0 amide bonds. The lowest BCUT2D eigenvalue weighted by molar-refractivity contribution is 0.195. The molecule has 1 aliphatic rings. The van der Waals surface area contributed by atoms with E-state index < -0.39 is 0 Å². The maximum Gasteiger partial charge on any atom is -0.0180 e. The van der Waals surface area contributed by atoms with E-state index in [9.17, 15) is 0 Å². The zero-order valence-electron chi connectivity index (χ0n) is 9.36. The Bertz CT molecular complexity index is 208. The first kappa shape index (κ1) is 9.83. The lowest BCUT2D eigenvalue weighted by Gasteiger charge is -2.41. The number of hydrogen-bond acceptors (Lipinski definition) is 0. The summed E-state index contributed by atoms with van der Waals surface area (Å²) in [5.74, 6) is 1.55. The SMILES string of the molecule is CC1=C(C)C(C)C(C)(C)CC1C. The largest absolute Gasteiger partial charge is 0.0713 e. The van der Waals surface area contributed by atoms with Crippen LogP contribution in [0.4, 0.5) is 0 Å². The topological polar surface area (TPSA) is 0 Å². The molecule has 1 rings (SSSR count). The molecule has 0 aromatic heterocycles. The Morgan fingerprint density at radius 3 is 2.08 bits per heavy atom. The molecule has 2 unspecified atom stereocenters. The van der Waals surface area contributed by atoms with E-state index in [1.54, 1.807) is 11.1 Å². The summed E-state index contributed by atoms with van der Waals surface area (Å²) in [6.07, 6.45) is 1.34. The molecular formula is C12H22. The molecule has 0 fully saturated rings. The highest BCUT2D eigenvalue weighted by Crippen LogP contribution is 2.45. The van der Waals surface area contributed by atoms with Gasteiger partial charge >= 0.3 is 0 Å². The highest BCUT2D eigenvalue weighted by atomic mass is 14.4. The van der Waals surface area contributed by atoms with Gasteiger partial charge in [0.1, 0.15) is 0 Å². The molecule has 1 aliphatic carbocycles. The molecule has 0 aliphatic heterocycles. The van der Waals surface area contributed by atoms with Crippen molar-refractivity contribution in [2.75, 3.05) is 0 Å². The lowest BCUT2D eigenvalue weighted by atomic mass is 9.64. The van der Waals surface area contributed by atoms with Gasteiger partial charge < -0.3 is 0 Å². The average Bonchev–Trinajstić information content (AvgIpc) is 1.97. The van der Waals surface area contributed by atoms with Crippen molar-refractivity contribution in [3.05, 3.63) is 11.1 Å². The molecule has 12 heavy (non-hydrogen) atoms. The van der Waals surface area contributed by atoms with Gasteiger partial charge in [-0.25, -0.2) is 0 Å². The van der Waals surface area contributed by atoms with Crippen LogP contribution in [0.5, 0.6) is 0 Å². The van der Waals surface area contributed by atoms with E-state index in [0.717, 1.165) is 11.8 Å². The van der Waals surface area contributed by atoms with Gasteiger partial charge in [-0.3, -0.25) is 0 Å². The van der Waals surface area contributed by atoms with E-state index in [-0.39, 0.29) is 0 Å². The van der Waals surface area contributed by atoms with Crippen LogP contribution < -0.4 is 0 Å². The zero-order valence-corrected chi connectivity index (χ0v) is 9.36. The molecule has 0 aromatic rings. The molecule has 0 radical (unpaired) electrons. The Labute approximate surface area is 77.1 Å². The minimum atomic E-state index is 0.503. The molecule has 0 bridgehead atoms. The molecule has 0 aromatic carbocycles. The van der Waals surface area contributed by atoms with Gasteiger partial charge in [0.15, 0.2) is 0 Å². The smallest absolute Gasteiger partial charge is 0.0180 e. The van der Waals surface area contributed by atoms with Crippen LogP contribution in [-0.4, -0.2) is 0 Å². The third-order valence-corrected chi connectivity index (χ3v) is 4.02. The third-order valence-electron chi connectivity index (χ3n) is 4.02. The minimum Gasteiger partial charge on any atom is -0.0713 e. The fraction of sp³-hybridized carbons (Fsp3) is 0.833. The zero-order chi connectivity index (χ0) is 9.52. The first-order chi connectivity index (χ1) is 5.36. The van der Waals surface area contributed by atoms with Crippen molar-refractivity contribution in [2.45, 2.75) is 48.0 Å². The summed E-state index contributed by atoms with van der Waals surface area (Å²) in [7, 11) is 0. The lowest BCUT2D eigenvalue weighted by Crippen LogP contribution is -2.30. The van der Waals surface area contributed by atoms with Crippen LogP contribution in [0.15, 0.2) is 11.1 Å². The Morgan fingerprint density at radius 1 is 1.08 bits per heavy atom. The van der Waals surface area contributed by atoms with Crippen molar-refractivity contribution in [3.8, 4) is 0 Å². The van der Waals surface area contributed by atoms with Gasteiger partial charge in [-0.2, -0.15) is 0 Å². The number of hydrogen-bond donors (Lipinski definition) is 0. The Balaban J connectivity index is 3.02. The normalized spacial score (nSPS) is 35.5. The van der Waals surface area contributed by atoms with Gasteiger partial charge in [0.25, 0.3) is 0 Å². The van der Waals surface area contributed by atoms with Crippen molar-refractivity contribution in [1.29, 1.82) is 0 Å².